The molecule has 0 fully saturated rings. The van der Waals surface area contributed by atoms with Crippen LogP contribution in [0.15, 0.2) is 47.4 Å². The SMILES string of the molecule is CCCCNC(=O)c1cc(-c2csc(-c3ccccc3Cl)n2)n(CCC2=CCCCC2)c1C. The summed E-state index contributed by atoms with van der Waals surface area (Å²) >= 11 is 8.00. The van der Waals surface area contributed by atoms with Gasteiger partial charge in [0.25, 0.3) is 5.91 Å². The molecule has 2 heterocycles. The fourth-order valence-electron chi connectivity index (χ4n) is 4.39. The lowest BCUT2D eigenvalue weighted by Gasteiger charge is -2.15. The lowest BCUT2D eigenvalue weighted by Crippen LogP contribution is -2.24. The van der Waals surface area contributed by atoms with Crippen molar-refractivity contribution in [3.8, 4) is 22.0 Å². The molecule has 1 aliphatic rings. The van der Waals surface area contributed by atoms with Crippen molar-refractivity contribution in [3.63, 3.8) is 0 Å². The van der Waals surface area contributed by atoms with Gasteiger partial charge in [0.05, 0.1) is 22.0 Å². The zero-order valence-electron chi connectivity index (χ0n) is 19.5. The number of thiazole rings is 1. The lowest BCUT2D eigenvalue weighted by molar-refractivity contribution is 0.0952. The maximum Gasteiger partial charge on any atom is 0.253 e. The van der Waals surface area contributed by atoms with Crippen LogP contribution in [0.25, 0.3) is 22.0 Å². The van der Waals surface area contributed by atoms with Gasteiger partial charge in [0.1, 0.15) is 5.01 Å². The largest absolute Gasteiger partial charge is 0.352 e. The number of aromatic nitrogens is 2. The van der Waals surface area contributed by atoms with Crippen LogP contribution < -0.4 is 5.32 Å². The van der Waals surface area contributed by atoms with Gasteiger partial charge in [0.2, 0.25) is 0 Å². The quantitative estimate of drug-likeness (QED) is 0.252. The minimum Gasteiger partial charge on any atom is -0.352 e. The van der Waals surface area contributed by atoms with Crippen molar-refractivity contribution in [2.45, 2.75) is 65.3 Å². The molecule has 0 radical (unpaired) electrons. The second kappa shape index (κ2) is 11.2. The number of carbonyl (C=O) groups is 1. The molecule has 0 spiro atoms. The number of benzene rings is 1. The Labute approximate surface area is 205 Å². The van der Waals surface area contributed by atoms with Crippen molar-refractivity contribution < 1.29 is 4.79 Å². The van der Waals surface area contributed by atoms with Crippen molar-refractivity contribution in [1.29, 1.82) is 0 Å². The van der Waals surface area contributed by atoms with Crippen LogP contribution >= 0.6 is 22.9 Å². The third kappa shape index (κ3) is 5.59. The molecule has 1 amide bonds. The van der Waals surface area contributed by atoms with Gasteiger partial charge in [0.15, 0.2) is 0 Å². The van der Waals surface area contributed by atoms with E-state index in [0.29, 0.717) is 11.6 Å². The Morgan fingerprint density at radius 1 is 1.27 bits per heavy atom. The van der Waals surface area contributed by atoms with Gasteiger partial charge in [-0.15, -0.1) is 11.3 Å². The topological polar surface area (TPSA) is 46.9 Å². The number of carbonyl (C=O) groups excluding carboxylic acids is 1. The third-order valence-corrected chi connectivity index (χ3v) is 7.54. The minimum absolute atomic E-state index is 0.000566. The molecule has 1 N–H and O–H groups in total. The molecule has 2 aromatic heterocycles. The smallest absolute Gasteiger partial charge is 0.253 e. The van der Waals surface area contributed by atoms with Crippen molar-refractivity contribution in [1.82, 2.24) is 14.9 Å². The van der Waals surface area contributed by atoms with E-state index in [1.54, 1.807) is 11.3 Å². The molecule has 4 nitrogen and oxygen atoms in total. The van der Waals surface area contributed by atoms with E-state index < -0.39 is 0 Å². The van der Waals surface area contributed by atoms with E-state index in [-0.39, 0.29) is 5.91 Å². The van der Waals surface area contributed by atoms with E-state index in [2.05, 4.69) is 35.2 Å². The number of rotatable bonds is 9. The highest BCUT2D eigenvalue weighted by Crippen LogP contribution is 2.35. The summed E-state index contributed by atoms with van der Waals surface area (Å²) in [5, 5.41) is 6.74. The van der Waals surface area contributed by atoms with Crippen molar-refractivity contribution >= 4 is 28.8 Å². The van der Waals surface area contributed by atoms with Gasteiger partial charge in [-0.25, -0.2) is 4.98 Å². The number of amides is 1. The maximum absolute atomic E-state index is 12.9. The first-order chi connectivity index (χ1) is 16.1. The maximum atomic E-state index is 12.9. The summed E-state index contributed by atoms with van der Waals surface area (Å²) in [6.45, 7) is 5.74. The molecule has 6 heteroatoms. The molecule has 0 saturated carbocycles. The van der Waals surface area contributed by atoms with Crippen LogP contribution in [-0.4, -0.2) is 22.0 Å². The minimum atomic E-state index is -0.000566. The normalized spacial score (nSPS) is 13.7. The van der Waals surface area contributed by atoms with Gasteiger partial charge in [-0.2, -0.15) is 0 Å². The Morgan fingerprint density at radius 2 is 2.12 bits per heavy atom. The number of unbranched alkanes of at least 4 members (excludes halogenated alkanes) is 1. The number of hydrogen-bond donors (Lipinski definition) is 1. The highest BCUT2D eigenvalue weighted by molar-refractivity contribution is 7.13. The number of allylic oxidation sites excluding steroid dienone is 2. The Bertz CT molecular complexity index is 1140. The zero-order valence-corrected chi connectivity index (χ0v) is 21.1. The van der Waals surface area contributed by atoms with E-state index in [1.807, 2.05) is 30.3 Å². The molecule has 4 rings (SSSR count). The van der Waals surface area contributed by atoms with Crippen LogP contribution in [-0.2, 0) is 6.54 Å². The van der Waals surface area contributed by atoms with Crippen LogP contribution in [0, 0.1) is 6.92 Å². The van der Waals surface area contributed by atoms with Gasteiger partial charge in [-0.1, -0.05) is 54.8 Å². The number of nitrogens with zero attached hydrogens (tertiary/aromatic N) is 2. The van der Waals surface area contributed by atoms with E-state index in [9.17, 15) is 4.79 Å². The summed E-state index contributed by atoms with van der Waals surface area (Å²) in [4.78, 5) is 17.9. The van der Waals surface area contributed by atoms with Gasteiger partial charge >= 0.3 is 0 Å². The summed E-state index contributed by atoms with van der Waals surface area (Å²) in [6, 6.07) is 9.81. The standard InChI is InChI=1S/C27H32ClN3OS/c1-3-4-15-29-26(32)22-17-25(31(19(22)2)16-14-20-10-6-5-7-11-20)24-18-33-27(30-24)21-12-8-9-13-23(21)28/h8-10,12-13,17-18H,3-7,11,14-16H2,1-2H3,(H,29,32). The lowest BCUT2D eigenvalue weighted by atomic mass is 9.97. The first-order valence-electron chi connectivity index (χ1n) is 12.0. The van der Waals surface area contributed by atoms with Crippen LogP contribution in [0.4, 0.5) is 0 Å². The Morgan fingerprint density at radius 3 is 2.88 bits per heavy atom. The molecule has 33 heavy (non-hydrogen) atoms. The van der Waals surface area contributed by atoms with Gasteiger partial charge < -0.3 is 9.88 Å². The Kier molecular flexibility index (Phi) is 8.05. The highest BCUT2D eigenvalue weighted by atomic mass is 35.5. The molecule has 1 aromatic carbocycles. The molecule has 3 aromatic rings. The first kappa shape index (κ1) is 23.8. The van der Waals surface area contributed by atoms with Crippen molar-refractivity contribution in [3.05, 3.63) is 63.6 Å². The van der Waals surface area contributed by atoms with E-state index in [1.165, 1.54) is 31.3 Å². The highest BCUT2D eigenvalue weighted by Gasteiger charge is 2.21. The molecular formula is C27H32ClN3OS. The van der Waals surface area contributed by atoms with Gasteiger partial charge in [0, 0.05) is 29.7 Å². The van der Waals surface area contributed by atoms with E-state index in [4.69, 9.17) is 16.6 Å². The average Bonchev–Trinajstić information content (AvgIpc) is 3.43. The molecule has 1 aliphatic carbocycles. The van der Waals surface area contributed by atoms with Crippen LogP contribution in [0.5, 0.6) is 0 Å². The zero-order chi connectivity index (χ0) is 23.2. The monoisotopic (exact) mass is 481 g/mol. The van der Waals surface area contributed by atoms with Crippen LogP contribution in [0.2, 0.25) is 5.02 Å². The predicted octanol–water partition coefficient (Wildman–Crippen LogP) is 7.66. The fourth-order valence-corrected chi connectivity index (χ4v) is 5.52. The molecule has 0 bridgehead atoms. The summed E-state index contributed by atoms with van der Waals surface area (Å²) in [5.41, 5.74) is 6.11. The van der Waals surface area contributed by atoms with Crippen molar-refractivity contribution in [2.24, 2.45) is 0 Å². The molecule has 0 unspecified atom stereocenters. The first-order valence-corrected chi connectivity index (χ1v) is 13.2. The molecule has 174 valence electrons. The third-order valence-electron chi connectivity index (χ3n) is 6.34. The Balaban J connectivity index is 1.66. The van der Waals surface area contributed by atoms with Crippen LogP contribution in [0.3, 0.4) is 0 Å². The summed E-state index contributed by atoms with van der Waals surface area (Å²) in [7, 11) is 0. The summed E-state index contributed by atoms with van der Waals surface area (Å²) in [6.07, 6.45) is 10.4. The molecule has 0 atom stereocenters. The molecule has 0 aliphatic heterocycles. The van der Waals surface area contributed by atoms with Crippen LogP contribution in [0.1, 0.15) is 67.9 Å². The number of hydrogen-bond acceptors (Lipinski definition) is 3. The number of halogens is 1. The second-order valence-electron chi connectivity index (χ2n) is 8.67. The summed E-state index contributed by atoms with van der Waals surface area (Å²) < 4.78 is 2.27. The van der Waals surface area contributed by atoms with E-state index in [0.717, 1.165) is 59.0 Å². The summed E-state index contributed by atoms with van der Waals surface area (Å²) in [5.74, 6) is -0.000566. The number of nitrogens with one attached hydrogen (secondary N) is 1. The Hall–Kier alpha value is -2.37. The van der Waals surface area contributed by atoms with E-state index >= 15 is 0 Å². The van der Waals surface area contributed by atoms with Gasteiger partial charge in [-0.05, 0) is 57.6 Å². The van der Waals surface area contributed by atoms with Crippen molar-refractivity contribution in [2.75, 3.05) is 6.54 Å². The second-order valence-corrected chi connectivity index (χ2v) is 9.93. The fraction of sp³-hybridized carbons (Fsp3) is 0.407. The predicted molar refractivity (Wildman–Crippen MR) is 139 cm³/mol. The van der Waals surface area contributed by atoms with Gasteiger partial charge in [-0.3, -0.25) is 4.79 Å². The molecule has 0 saturated heterocycles. The molecular weight excluding hydrogens is 450 g/mol. The average molecular weight is 482 g/mol.